The summed E-state index contributed by atoms with van der Waals surface area (Å²) < 4.78 is 0. The lowest BCUT2D eigenvalue weighted by molar-refractivity contribution is 0.330. The molecule has 1 nitrogen and oxygen atoms in total. The summed E-state index contributed by atoms with van der Waals surface area (Å²) in [5.74, 6) is 0.786. The lowest BCUT2D eigenvalue weighted by Crippen LogP contribution is -2.28. The maximum Gasteiger partial charge on any atom is 0.0406 e. The molecule has 1 aromatic rings. The van der Waals surface area contributed by atoms with E-state index in [9.17, 15) is 0 Å². The van der Waals surface area contributed by atoms with Crippen LogP contribution in [0.3, 0.4) is 0 Å². The summed E-state index contributed by atoms with van der Waals surface area (Å²) in [7, 11) is 0. The highest BCUT2D eigenvalue weighted by atomic mass is 35.5. The van der Waals surface area contributed by atoms with Gasteiger partial charge in [0.1, 0.15) is 0 Å². The van der Waals surface area contributed by atoms with E-state index < -0.39 is 0 Å². The SMILES string of the molecule is CCNC(c1ccc(Cl)cc1)C1CCCCCC1. The molecule has 0 spiro atoms. The lowest BCUT2D eigenvalue weighted by atomic mass is 9.87. The molecule has 0 heterocycles. The first-order chi connectivity index (χ1) is 8.81. The maximum absolute atomic E-state index is 5.98. The fourth-order valence-electron chi connectivity index (χ4n) is 3.09. The highest BCUT2D eigenvalue weighted by molar-refractivity contribution is 6.30. The van der Waals surface area contributed by atoms with E-state index in [-0.39, 0.29) is 0 Å². The molecule has 1 aliphatic carbocycles. The summed E-state index contributed by atoms with van der Waals surface area (Å²) in [4.78, 5) is 0. The molecule has 100 valence electrons. The van der Waals surface area contributed by atoms with Crippen LogP contribution in [0.4, 0.5) is 0 Å². The molecular weight excluding hydrogens is 242 g/mol. The van der Waals surface area contributed by atoms with Gasteiger partial charge >= 0.3 is 0 Å². The van der Waals surface area contributed by atoms with E-state index in [1.807, 2.05) is 12.1 Å². The van der Waals surface area contributed by atoms with Crippen LogP contribution in [0.25, 0.3) is 0 Å². The van der Waals surface area contributed by atoms with Gasteiger partial charge in [-0.05, 0) is 43.0 Å². The fourth-order valence-corrected chi connectivity index (χ4v) is 3.22. The Bertz CT molecular complexity index is 339. The molecule has 1 aromatic carbocycles. The van der Waals surface area contributed by atoms with Gasteiger partial charge in [0.2, 0.25) is 0 Å². The minimum absolute atomic E-state index is 0.505. The van der Waals surface area contributed by atoms with Crippen molar-refractivity contribution in [3.05, 3.63) is 34.9 Å². The topological polar surface area (TPSA) is 12.0 Å². The van der Waals surface area contributed by atoms with Gasteiger partial charge in [-0.1, -0.05) is 56.3 Å². The number of hydrogen-bond acceptors (Lipinski definition) is 1. The molecule has 1 N–H and O–H groups in total. The number of rotatable bonds is 4. The van der Waals surface area contributed by atoms with Crippen molar-refractivity contribution in [3.8, 4) is 0 Å². The Morgan fingerprint density at radius 2 is 1.72 bits per heavy atom. The Balaban J connectivity index is 2.12. The van der Waals surface area contributed by atoms with Crippen LogP contribution >= 0.6 is 11.6 Å². The van der Waals surface area contributed by atoms with E-state index in [2.05, 4.69) is 24.4 Å². The first-order valence-electron chi connectivity index (χ1n) is 7.30. The molecule has 1 aliphatic rings. The second kappa shape index (κ2) is 7.16. The van der Waals surface area contributed by atoms with Crippen molar-refractivity contribution in [1.82, 2.24) is 5.32 Å². The van der Waals surface area contributed by atoms with E-state index in [4.69, 9.17) is 11.6 Å². The summed E-state index contributed by atoms with van der Waals surface area (Å²) in [5, 5.41) is 4.50. The van der Waals surface area contributed by atoms with Crippen LogP contribution in [0.5, 0.6) is 0 Å². The first-order valence-corrected chi connectivity index (χ1v) is 7.68. The van der Waals surface area contributed by atoms with E-state index in [1.54, 1.807) is 0 Å². The molecule has 18 heavy (non-hydrogen) atoms. The third-order valence-corrected chi connectivity index (χ3v) is 4.28. The molecule has 0 aromatic heterocycles. The van der Waals surface area contributed by atoms with Crippen LogP contribution in [0.1, 0.15) is 57.1 Å². The molecule has 0 saturated heterocycles. The monoisotopic (exact) mass is 265 g/mol. The van der Waals surface area contributed by atoms with Crippen LogP contribution in [0.15, 0.2) is 24.3 Å². The summed E-state index contributed by atoms with van der Waals surface area (Å²) in [6, 6.07) is 8.89. The van der Waals surface area contributed by atoms with E-state index in [0.717, 1.165) is 17.5 Å². The molecule has 0 radical (unpaired) electrons. The average molecular weight is 266 g/mol. The first kappa shape index (κ1) is 13.9. The number of benzene rings is 1. The van der Waals surface area contributed by atoms with Gasteiger partial charge in [0, 0.05) is 11.1 Å². The van der Waals surface area contributed by atoms with Crippen LogP contribution in [0, 0.1) is 5.92 Å². The second-order valence-corrected chi connectivity index (χ2v) is 5.77. The quantitative estimate of drug-likeness (QED) is 0.759. The summed E-state index contributed by atoms with van der Waals surface area (Å²) in [6.45, 7) is 3.23. The minimum atomic E-state index is 0.505. The largest absolute Gasteiger partial charge is 0.310 e. The maximum atomic E-state index is 5.98. The third-order valence-electron chi connectivity index (χ3n) is 4.02. The van der Waals surface area contributed by atoms with Crippen molar-refractivity contribution in [2.45, 2.75) is 51.5 Å². The minimum Gasteiger partial charge on any atom is -0.310 e. The van der Waals surface area contributed by atoms with Gasteiger partial charge in [-0.25, -0.2) is 0 Å². The van der Waals surface area contributed by atoms with Crippen LogP contribution in [-0.2, 0) is 0 Å². The smallest absolute Gasteiger partial charge is 0.0406 e. The van der Waals surface area contributed by atoms with Crippen molar-refractivity contribution in [2.24, 2.45) is 5.92 Å². The van der Waals surface area contributed by atoms with Gasteiger partial charge in [-0.2, -0.15) is 0 Å². The van der Waals surface area contributed by atoms with E-state index >= 15 is 0 Å². The molecule has 0 aliphatic heterocycles. The highest BCUT2D eigenvalue weighted by Crippen LogP contribution is 2.33. The predicted molar refractivity (Wildman–Crippen MR) is 79.1 cm³/mol. The zero-order valence-electron chi connectivity index (χ0n) is 11.3. The van der Waals surface area contributed by atoms with Crippen molar-refractivity contribution in [3.63, 3.8) is 0 Å². The van der Waals surface area contributed by atoms with Gasteiger partial charge in [0.25, 0.3) is 0 Å². The number of nitrogens with one attached hydrogen (secondary N) is 1. The molecule has 0 bridgehead atoms. The Morgan fingerprint density at radius 3 is 2.28 bits per heavy atom. The molecule has 2 rings (SSSR count). The molecule has 2 heteroatoms. The molecule has 0 amide bonds. The zero-order valence-corrected chi connectivity index (χ0v) is 12.0. The van der Waals surface area contributed by atoms with Gasteiger partial charge in [0.05, 0.1) is 0 Å². The molecule has 1 saturated carbocycles. The molecular formula is C16H24ClN. The van der Waals surface area contributed by atoms with Crippen LogP contribution in [0.2, 0.25) is 5.02 Å². The summed E-state index contributed by atoms with van der Waals surface area (Å²) in [5.41, 5.74) is 1.40. The van der Waals surface area contributed by atoms with Crippen molar-refractivity contribution >= 4 is 11.6 Å². The van der Waals surface area contributed by atoms with Crippen LogP contribution < -0.4 is 5.32 Å². The zero-order chi connectivity index (χ0) is 12.8. The van der Waals surface area contributed by atoms with Gasteiger partial charge < -0.3 is 5.32 Å². The van der Waals surface area contributed by atoms with Gasteiger partial charge in [-0.15, -0.1) is 0 Å². The highest BCUT2D eigenvalue weighted by Gasteiger charge is 2.23. The third kappa shape index (κ3) is 3.73. The van der Waals surface area contributed by atoms with E-state index in [1.165, 1.54) is 44.1 Å². The fraction of sp³-hybridized carbons (Fsp3) is 0.625. The predicted octanol–water partition coefficient (Wildman–Crippen LogP) is 4.96. The van der Waals surface area contributed by atoms with Crippen molar-refractivity contribution in [2.75, 3.05) is 6.54 Å². The normalized spacial score (nSPS) is 19.4. The summed E-state index contributed by atoms with van der Waals surface area (Å²) in [6.07, 6.45) is 8.33. The Kier molecular flexibility index (Phi) is 5.52. The van der Waals surface area contributed by atoms with Crippen molar-refractivity contribution in [1.29, 1.82) is 0 Å². The Labute approximate surface area is 116 Å². The molecule has 1 unspecified atom stereocenters. The van der Waals surface area contributed by atoms with E-state index in [0.29, 0.717) is 6.04 Å². The summed E-state index contributed by atoms with van der Waals surface area (Å²) >= 11 is 5.98. The standard InChI is InChI=1S/C16H24ClN/c1-2-18-16(13-7-5-3-4-6-8-13)14-9-11-15(17)12-10-14/h9-13,16,18H,2-8H2,1H3. The Morgan fingerprint density at radius 1 is 1.11 bits per heavy atom. The van der Waals surface area contributed by atoms with Gasteiger partial charge in [0.15, 0.2) is 0 Å². The van der Waals surface area contributed by atoms with Crippen LogP contribution in [-0.4, -0.2) is 6.54 Å². The molecule has 1 atom stereocenters. The second-order valence-electron chi connectivity index (χ2n) is 5.34. The average Bonchev–Trinajstić information content (AvgIpc) is 2.66. The lowest BCUT2D eigenvalue weighted by Gasteiger charge is -2.27. The van der Waals surface area contributed by atoms with Gasteiger partial charge in [-0.3, -0.25) is 0 Å². The van der Waals surface area contributed by atoms with Crippen molar-refractivity contribution < 1.29 is 0 Å². The Hall–Kier alpha value is -0.530. The number of hydrogen-bond donors (Lipinski definition) is 1. The number of halogens is 1. The molecule has 1 fully saturated rings.